The molecule has 3 N–H and O–H groups in total. The SMILES string of the molecule is CCOc1cccc(NC(=O)c2ccnc(N)c2F)c1. The lowest BCUT2D eigenvalue weighted by molar-refractivity contribution is 0.102. The molecule has 1 amide bonds. The minimum Gasteiger partial charge on any atom is -0.494 e. The lowest BCUT2D eigenvalue weighted by atomic mass is 10.2. The summed E-state index contributed by atoms with van der Waals surface area (Å²) in [5.41, 5.74) is 5.69. The van der Waals surface area contributed by atoms with Crippen LogP contribution >= 0.6 is 0 Å². The van der Waals surface area contributed by atoms with Gasteiger partial charge in [-0.2, -0.15) is 0 Å². The van der Waals surface area contributed by atoms with E-state index in [1.807, 2.05) is 6.92 Å². The van der Waals surface area contributed by atoms with E-state index in [2.05, 4.69) is 10.3 Å². The van der Waals surface area contributed by atoms with Crippen LogP contribution in [0.3, 0.4) is 0 Å². The number of rotatable bonds is 4. The Kier molecular flexibility index (Phi) is 4.14. The van der Waals surface area contributed by atoms with Crippen LogP contribution in [0.2, 0.25) is 0 Å². The van der Waals surface area contributed by atoms with Crippen LogP contribution in [-0.2, 0) is 0 Å². The van der Waals surface area contributed by atoms with Crippen LogP contribution in [0.15, 0.2) is 36.5 Å². The van der Waals surface area contributed by atoms with Gasteiger partial charge in [0.2, 0.25) is 0 Å². The number of halogens is 1. The van der Waals surface area contributed by atoms with Gasteiger partial charge in [0.05, 0.1) is 12.2 Å². The highest BCUT2D eigenvalue weighted by atomic mass is 19.1. The summed E-state index contributed by atoms with van der Waals surface area (Å²) in [6.45, 7) is 2.38. The van der Waals surface area contributed by atoms with Crippen molar-refractivity contribution in [1.29, 1.82) is 0 Å². The Balaban J connectivity index is 2.19. The van der Waals surface area contributed by atoms with E-state index >= 15 is 0 Å². The maximum atomic E-state index is 13.7. The molecule has 2 aromatic rings. The van der Waals surface area contributed by atoms with Crippen molar-refractivity contribution < 1.29 is 13.9 Å². The number of hydrogen-bond acceptors (Lipinski definition) is 4. The number of pyridine rings is 1. The Bertz CT molecular complexity index is 632. The Morgan fingerprint density at radius 1 is 1.45 bits per heavy atom. The number of hydrogen-bond donors (Lipinski definition) is 2. The molecule has 0 spiro atoms. The molecule has 1 aromatic carbocycles. The fourth-order valence-corrected chi connectivity index (χ4v) is 1.66. The van der Waals surface area contributed by atoms with E-state index in [1.54, 1.807) is 24.3 Å². The number of nitrogens with two attached hydrogens (primary N) is 1. The van der Waals surface area contributed by atoms with Gasteiger partial charge in [-0.1, -0.05) is 6.07 Å². The first-order valence-corrected chi connectivity index (χ1v) is 6.06. The topological polar surface area (TPSA) is 77.2 Å². The van der Waals surface area contributed by atoms with Gasteiger partial charge in [-0.15, -0.1) is 0 Å². The monoisotopic (exact) mass is 275 g/mol. The molecule has 0 radical (unpaired) electrons. The van der Waals surface area contributed by atoms with E-state index in [-0.39, 0.29) is 11.4 Å². The van der Waals surface area contributed by atoms with Crippen molar-refractivity contribution in [2.75, 3.05) is 17.7 Å². The third-order valence-corrected chi connectivity index (χ3v) is 2.56. The molecule has 0 fully saturated rings. The minimum absolute atomic E-state index is 0.153. The largest absolute Gasteiger partial charge is 0.494 e. The molecule has 0 aliphatic rings. The highest BCUT2D eigenvalue weighted by Gasteiger charge is 2.14. The zero-order chi connectivity index (χ0) is 14.5. The second-order valence-electron chi connectivity index (χ2n) is 3.97. The summed E-state index contributed by atoms with van der Waals surface area (Å²) < 4.78 is 19.0. The van der Waals surface area contributed by atoms with Gasteiger partial charge in [0.15, 0.2) is 11.6 Å². The van der Waals surface area contributed by atoms with E-state index in [9.17, 15) is 9.18 Å². The molecule has 0 aliphatic heterocycles. The Morgan fingerprint density at radius 2 is 2.25 bits per heavy atom. The zero-order valence-electron chi connectivity index (χ0n) is 10.9. The highest BCUT2D eigenvalue weighted by molar-refractivity contribution is 6.04. The third-order valence-electron chi connectivity index (χ3n) is 2.56. The minimum atomic E-state index is -0.828. The molecule has 5 nitrogen and oxygen atoms in total. The predicted molar refractivity (Wildman–Crippen MR) is 74.2 cm³/mol. The van der Waals surface area contributed by atoms with Crippen LogP contribution in [0.5, 0.6) is 5.75 Å². The number of amides is 1. The average Bonchev–Trinajstić information content (AvgIpc) is 2.42. The van der Waals surface area contributed by atoms with Crippen LogP contribution in [0.25, 0.3) is 0 Å². The average molecular weight is 275 g/mol. The van der Waals surface area contributed by atoms with Crippen molar-refractivity contribution in [2.24, 2.45) is 0 Å². The number of carbonyl (C=O) groups is 1. The van der Waals surface area contributed by atoms with Gasteiger partial charge in [-0.05, 0) is 25.1 Å². The van der Waals surface area contributed by atoms with Gasteiger partial charge in [-0.3, -0.25) is 4.79 Å². The number of aromatic nitrogens is 1. The number of anilines is 2. The van der Waals surface area contributed by atoms with E-state index < -0.39 is 11.7 Å². The van der Waals surface area contributed by atoms with Crippen LogP contribution in [0.1, 0.15) is 17.3 Å². The van der Waals surface area contributed by atoms with Crippen LogP contribution in [0, 0.1) is 5.82 Å². The molecular formula is C14H14FN3O2. The number of nitrogens with one attached hydrogen (secondary N) is 1. The fourth-order valence-electron chi connectivity index (χ4n) is 1.66. The lowest BCUT2D eigenvalue weighted by Crippen LogP contribution is -2.15. The molecule has 0 unspecified atom stereocenters. The Hall–Kier alpha value is -2.63. The molecule has 0 aliphatic carbocycles. The number of nitrogens with zero attached hydrogens (tertiary/aromatic N) is 1. The second-order valence-corrected chi connectivity index (χ2v) is 3.97. The van der Waals surface area contributed by atoms with Crippen molar-refractivity contribution in [3.8, 4) is 5.75 Å². The summed E-state index contributed by atoms with van der Waals surface area (Å²) in [6, 6.07) is 8.11. The first-order valence-electron chi connectivity index (χ1n) is 6.06. The molecule has 0 saturated heterocycles. The van der Waals surface area contributed by atoms with Crippen molar-refractivity contribution in [2.45, 2.75) is 6.92 Å². The quantitative estimate of drug-likeness (QED) is 0.898. The summed E-state index contributed by atoms with van der Waals surface area (Å²) in [4.78, 5) is 15.6. The van der Waals surface area contributed by atoms with Crippen LogP contribution < -0.4 is 15.8 Å². The van der Waals surface area contributed by atoms with Crippen LogP contribution in [-0.4, -0.2) is 17.5 Å². The van der Waals surface area contributed by atoms with Gasteiger partial charge in [0.25, 0.3) is 5.91 Å². The summed E-state index contributed by atoms with van der Waals surface area (Å²) in [5, 5.41) is 2.58. The molecule has 1 aromatic heterocycles. The molecule has 104 valence electrons. The number of ether oxygens (including phenoxy) is 1. The lowest BCUT2D eigenvalue weighted by Gasteiger charge is -2.09. The smallest absolute Gasteiger partial charge is 0.258 e. The van der Waals surface area contributed by atoms with Gasteiger partial charge < -0.3 is 15.8 Å². The van der Waals surface area contributed by atoms with Crippen molar-refractivity contribution in [3.63, 3.8) is 0 Å². The molecule has 0 atom stereocenters. The molecule has 0 bridgehead atoms. The molecule has 6 heteroatoms. The first kappa shape index (κ1) is 13.8. The van der Waals surface area contributed by atoms with Crippen molar-refractivity contribution >= 4 is 17.4 Å². The highest BCUT2D eigenvalue weighted by Crippen LogP contribution is 2.19. The standard InChI is InChI=1S/C14H14FN3O2/c1-2-20-10-5-3-4-9(8-10)18-14(19)11-6-7-17-13(16)12(11)15/h3-8H,2H2,1H3,(H2,16,17)(H,18,19). The Morgan fingerprint density at radius 3 is 3.00 bits per heavy atom. The van der Waals surface area contributed by atoms with Gasteiger partial charge >= 0.3 is 0 Å². The summed E-state index contributed by atoms with van der Waals surface area (Å²) in [7, 11) is 0. The van der Waals surface area contributed by atoms with Crippen LogP contribution in [0.4, 0.5) is 15.9 Å². The van der Waals surface area contributed by atoms with Gasteiger partial charge in [0, 0.05) is 18.0 Å². The number of benzene rings is 1. The van der Waals surface area contributed by atoms with Gasteiger partial charge in [0.1, 0.15) is 5.75 Å². The summed E-state index contributed by atoms with van der Waals surface area (Å²) >= 11 is 0. The fraction of sp³-hybridized carbons (Fsp3) is 0.143. The van der Waals surface area contributed by atoms with Gasteiger partial charge in [-0.25, -0.2) is 9.37 Å². The van der Waals surface area contributed by atoms with E-state index in [1.165, 1.54) is 12.3 Å². The normalized spacial score (nSPS) is 10.1. The maximum absolute atomic E-state index is 13.7. The first-order chi connectivity index (χ1) is 9.61. The van der Waals surface area contributed by atoms with Crippen molar-refractivity contribution in [1.82, 2.24) is 4.98 Å². The van der Waals surface area contributed by atoms with E-state index in [0.29, 0.717) is 18.0 Å². The third kappa shape index (κ3) is 3.03. The molecule has 20 heavy (non-hydrogen) atoms. The predicted octanol–water partition coefficient (Wildman–Crippen LogP) is 2.45. The summed E-state index contributed by atoms with van der Waals surface area (Å²) in [6.07, 6.45) is 1.28. The molecule has 0 saturated carbocycles. The second kappa shape index (κ2) is 6.01. The van der Waals surface area contributed by atoms with E-state index in [4.69, 9.17) is 10.5 Å². The number of nitrogen functional groups attached to an aromatic ring is 1. The number of carbonyl (C=O) groups excluding carboxylic acids is 1. The Labute approximate surface area is 115 Å². The molecule has 1 heterocycles. The molecule has 2 rings (SSSR count). The zero-order valence-corrected chi connectivity index (χ0v) is 10.9. The van der Waals surface area contributed by atoms with E-state index in [0.717, 1.165) is 0 Å². The maximum Gasteiger partial charge on any atom is 0.258 e. The van der Waals surface area contributed by atoms with Crippen molar-refractivity contribution in [3.05, 3.63) is 47.9 Å². The molecular weight excluding hydrogens is 261 g/mol. The summed E-state index contributed by atoms with van der Waals surface area (Å²) in [5.74, 6) is -1.10.